The fraction of sp³-hybridized carbons (Fsp3) is 0.316. The largest absolute Gasteiger partial charge is 0.484 e. The number of halogens is 1. The summed E-state index contributed by atoms with van der Waals surface area (Å²) in [4.78, 5) is 14.2. The summed E-state index contributed by atoms with van der Waals surface area (Å²) in [5.41, 5.74) is 0.872. The van der Waals surface area contributed by atoms with Gasteiger partial charge in [0.2, 0.25) is 0 Å². The number of benzene rings is 2. The van der Waals surface area contributed by atoms with Crippen molar-refractivity contribution >= 4 is 11.6 Å². The second kappa shape index (κ2) is 7.81. The molecule has 5 heteroatoms. The quantitative estimate of drug-likeness (QED) is 0.915. The molecule has 0 aromatic heterocycles. The van der Waals surface area contributed by atoms with E-state index in [2.05, 4.69) is 5.32 Å². The molecule has 0 aliphatic carbocycles. The van der Waals surface area contributed by atoms with Crippen molar-refractivity contribution in [3.05, 3.63) is 60.4 Å². The van der Waals surface area contributed by atoms with Crippen molar-refractivity contribution in [3.63, 3.8) is 0 Å². The molecular weight excluding hydrogens is 307 g/mol. The van der Waals surface area contributed by atoms with E-state index >= 15 is 0 Å². The summed E-state index contributed by atoms with van der Waals surface area (Å²) in [6.45, 7) is 1.43. The van der Waals surface area contributed by atoms with Gasteiger partial charge in [-0.2, -0.15) is 0 Å². The van der Waals surface area contributed by atoms with E-state index in [9.17, 15) is 9.18 Å². The first kappa shape index (κ1) is 16.3. The SMILES string of the molecule is O=C(COc1ccccc1)N1CCC[C@H](Nc2ccc(F)cc2)C1. The lowest BCUT2D eigenvalue weighted by atomic mass is 10.1. The second-order valence-electron chi connectivity index (χ2n) is 5.93. The maximum Gasteiger partial charge on any atom is 0.260 e. The van der Waals surface area contributed by atoms with Gasteiger partial charge in [-0.25, -0.2) is 4.39 Å². The number of carbonyl (C=O) groups is 1. The highest BCUT2D eigenvalue weighted by Gasteiger charge is 2.23. The lowest BCUT2D eigenvalue weighted by molar-refractivity contribution is -0.134. The van der Waals surface area contributed by atoms with Crippen molar-refractivity contribution in [2.24, 2.45) is 0 Å². The monoisotopic (exact) mass is 328 g/mol. The van der Waals surface area contributed by atoms with E-state index in [1.807, 2.05) is 35.2 Å². The van der Waals surface area contributed by atoms with Crippen molar-refractivity contribution in [1.82, 2.24) is 4.90 Å². The summed E-state index contributed by atoms with van der Waals surface area (Å²) in [7, 11) is 0. The van der Waals surface area contributed by atoms with Crippen LogP contribution in [0.25, 0.3) is 0 Å². The van der Waals surface area contributed by atoms with Crippen LogP contribution in [0.15, 0.2) is 54.6 Å². The zero-order valence-electron chi connectivity index (χ0n) is 13.5. The van der Waals surface area contributed by atoms with Crippen LogP contribution >= 0.6 is 0 Å². The Morgan fingerprint density at radius 1 is 1.17 bits per heavy atom. The first-order chi connectivity index (χ1) is 11.7. The standard InChI is InChI=1S/C19H21FN2O2/c20-15-8-10-16(11-9-15)21-17-5-4-12-22(13-17)19(23)14-24-18-6-2-1-3-7-18/h1-3,6-11,17,21H,4-5,12-14H2/t17-/m0/s1. The smallest absolute Gasteiger partial charge is 0.260 e. The topological polar surface area (TPSA) is 41.6 Å². The molecule has 1 aliphatic rings. The van der Waals surface area contributed by atoms with Crippen molar-refractivity contribution in [3.8, 4) is 5.75 Å². The van der Waals surface area contributed by atoms with E-state index in [1.54, 1.807) is 12.1 Å². The Morgan fingerprint density at radius 2 is 1.92 bits per heavy atom. The van der Waals surface area contributed by atoms with Crippen LogP contribution < -0.4 is 10.1 Å². The average molecular weight is 328 g/mol. The third kappa shape index (κ3) is 4.47. The second-order valence-corrected chi connectivity index (χ2v) is 5.93. The molecule has 2 aromatic rings. The highest BCUT2D eigenvalue weighted by Crippen LogP contribution is 2.17. The van der Waals surface area contributed by atoms with Gasteiger partial charge >= 0.3 is 0 Å². The third-order valence-corrected chi connectivity index (χ3v) is 4.09. The van der Waals surface area contributed by atoms with Crippen LogP contribution in [-0.4, -0.2) is 36.5 Å². The Bertz CT molecular complexity index is 661. The van der Waals surface area contributed by atoms with Crippen LogP contribution in [0.5, 0.6) is 5.75 Å². The van der Waals surface area contributed by atoms with Gasteiger partial charge in [-0.3, -0.25) is 4.79 Å². The number of nitrogens with zero attached hydrogens (tertiary/aromatic N) is 1. The van der Waals surface area contributed by atoms with Crippen molar-refractivity contribution in [2.75, 3.05) is 25.0 Å². The minimum absolute atomic E-state index is 0.00976. The van der Waals surface area contributed by atoms with Crippen molar-refractivity contribution in [1.29, 1.82) is 0 Å². The molecule has 1 atom stereocenters. The Labute approximate surface area is 141 Å². The van der Waals surface area contributed by atoms with Crippen LogP contribution in [0.1, 0.15) is 12.8 Å². The van der Waals surface area contributed by atoms with Crippen LogP contribution in [0, 0.1) is 5.82 Å². The molecule has 1 fully saturated rings. The molecule has 3 rings (SSSR count). The normalized spacial score (nSPS) is 17.4. The molecule has 0 spiro atoms. The van der Waals surface area contributed by atoms with Crippen LogP contribution in [0.4, 0.5) is 10.1 Å². The minimum atomic E-state index is -0.251. The molecule has 1 saturated heterocycles. The Kier molecular flexibility index (Phi) is 5.31. The predicted octanol–water partition coefficient (Wildman–Crippen LogP) is 3.31. The Hall–Kier alpha value is -2.56. The maximum absolute atomic E-state index is 13.0. The van der Waals surface area contributed by atoms with Gasteiger partial charge in [0.1, 0.15) is 11.6 Å². The maximum atomic E-state index is 13.0. The average Bonchev–Trinajstić information content (AvgIpc) is 2.63. The molecule has 4 nitrogen and oxygen atoms in total. The van der Waals surface area contributed by atoms with Crippen molar-refractivity contribution in [2.45, 2.75) is 18.9 Å². The number of amides is 1. The van der Waals surface area contributed by atoms with Crippen LogP contribution in [0.3, 0.4) is 0 Å². The molecule has 24 heavy (non-hydrogen) atoms. The molecule has 1 N–H and O–H groups in total. The van der Waals surface area contributed by atoms with Gasteiger partial charge in [0.05, 0.1) is 0 Å². The number of hydrogen-bond acceptors (Lipinski definition) is 3. The zero-order valence-corrected chi connectivity index (χ0v) is 13.5. The molecule has 1 aliphatic heterocycles. The molecule has 0 unspecified atom stereocenters. The molecule has 0 bridgehead atoms. The van der Waals surface area contributed by atoms with Crippen molar-refractivity contribution < 1.29 is 13.9 Å². The number of piperidine rings is 1. The van der Waals surface area contributed by atoms with Gasteiger partial charge < -0.3 is 15.0 Å². The summed E-state index contributed by atoms with van der Waals surface area (Å²) >= 11 is 0. The Morgan fingerprint density at radius 3 is 2.67 bits per heavy atom. The van der Waals surface area contributed by atoms with Gasteiger partial charge in [-0.1, -0.05) is 18.2 Å². The van der Waals surface area contributed by atoms with Gasteiger partial charge in [0.25, 0.3) is 5.91 Å². The van der Waals surface area contributed by atoms with Gasteiger partial charge in [-0.05, 0) is 49.2 Å². The summed E-state index contributed by atoms with van der Waals surface area (Å²) in [6, 6.07) is 15.8. The summed E-state index contributed by atoms with van der Waals surface area (Å²) in [6.07, 6.45) is 1.93. The van der Waals surface area contributed by atoms with E-state index in [0.29, 0.717) is 12.3 Å². The lowest BCUT2D eigenvalue weighted by Gasteiger charge is -2.33. The van der Waals surface area contributed by atoms with Gasteiger partial charge in [0.15, 0.2) is 6.61 Å². The van der Waals surface area contributed by atoms with Crippen LogP contribution in [0.2, 0.25) is 0 Å². The number of nitrogens with one attached hydrogen (secondary N) is 1. The molecular formula is C19H21FN2O2. The zero-order chi connectivity index (χ0) is 16.8. The summed E-state index contributed by atoms with van der Waals surface area (Å²) in [5, 5.41) is 3.37. The van der Waals surface area contributed by atoms with Gasteiger partial charge in [0, 0.05) is 24.8 Å². The number of para-hydroxylation sites is 1. The molecule has 0 saturated carbocycles. The Balaban J connectivity index is 1.51. The number of hydrogen-bond donors (Lipinski definition) is 1. The van der Waals surface area contributed by atoms with Gasteiger partial charge in [-0.15, -0.1) is 0 Å². The minimum Gasteiger partial charge on any atom is -0.484 e. The van der Waals surface area contributed by atoms with Crippen LogP contribution in [-0.2, 0) is 4.79 Å². The molecule has 0 radical (unpaired) electrons. The fourth-order valence-electron chi connectivity index (χ4n) is 2.86. The van der Waals surface area contributed by atoms with E-state index in [0.717, 1.165) is 25.1 Å². The first-order valence-corrected chi connectivity index (χ1v) is 8.18. The number of rotatable bonds is 5. The molecule has 1 amide bonds. The molecule has 126 valence electrons. The summed E-state index contributed by atoms with van der Waals surface area (Å²) < 4.78 is 18.5. The number of anilines is 1. The predicted molar refractivity (Wildman–Crippen MR) is 91.6 cm³/mol. The first-order valence-electron chi connectivity index (χ1n) is 8.18. The van der Waals surface area contributed by atoms with E-state index in [4.69, 9.17) is 4.74 Å². The third-order valence-electron chi connectivity index (χ3n) is 4.09. The van der Waals surface area contributed by atoms with E-state index < -0.39 is 0 Å². The number of likely N-dealkylation sites (tertiary alicyclic amines) is 1. The number of ether oxygens (including phenoxy) is 1. The highest BCUT2D eigenvalue weighted by molar-refractivity contribution is 5.78. The van der Waals surface area contributed by atoms with E-state index in [1.165, 1.54) is 12.1 Å². The lowest BCUT2D eigenvalue weighted by Crippen LogP contribution is -2.46. The number of carbonyl (C=O) groups excluding carboxylic acids is 1. The summed E-state index contributed by atoms with van der Waals surface area (Å²) in [5.74, 6) is 0.437. The highest BCUT2D eigenvalue weighted by atomic mass is 19.1. The molecule has 1 heterocycles. The van der Waals surface area contributed by atoms with E-state index in [-0.39, 0.29) is 24.4 Å². The molecule has 2 aromatic carbocycles. The fourth-order valence-corrected chi connectivity index (χ4v) is 2.86.